The number of likely N-dealkylation sites (N-methyl/N-ethyl adjacent to an activating group) is 1. The topological polar surface area (TPSA) is 52.6 Å². The number of hydrogen-bond acceptors (Lipinski definition) is 3. The van der Waals surface area contributed by atoms with Gasteiger partial charge < -0.3 is 10.4 Å². The van der Waals surface area contributed by atoms with Crippen molar-refractivity contribution in [3.05, 3.63) is 0 Å². The molecule has 4 nitrogen and oxygen atoms in total. The summed E-state index contributed by atoms with van der Waals surface area (Å²) in [5, 5.41) is 12.0. The number of carboxylic acid groups (broad SMARTS) is 1. The summed E-state index contributed by atoms with van der Waals surface area (Å²) in [6, 6.07) is 0.452. The fraction of sp³-hybridized carbons (Fsp3) is 0.900. The first-order chi connectivity index (χ1) is 6.65. The van der Waals surface area contributed by atoms with Gasteiger partial charge in [-0.05, 0) is 19.4 Å². The molecule has 4 heteroatoms. The first-order valence-corrected chi connectivity index (χ1v) is 5.27. The van der Waals surface area contributed by atoms with Gasteiger partial charge in [0.25, 0.3) is 0 Å². The zero-order chi connectivity index (χ0) is 10.6. The largest absolute Gasteiger partial charge is 0.480 e. The minimum absolute atomic E-state index is 0.175. The zero-order valence-electron chi connectivity index (χ0n) is 8.99. The van der Waals surface area contributed by atoms with E-state index in [1.807, 2.05) is 11.9 Å². The van der Waals surface area contributed by atoms with Crippen LogP contribution in [0, 0.1) is 5.92 Å². The van der Waals surface area contributed by atoms with E-state index in [4.69, 9.17) is 5.11 Å². The molecule has 1 heterocycles. The number of nitrogens with zero attached hydrogens (tertiary/aromatic N) is 1. The molecule has 1 fully saturated rings. The predicted octanol–water partition coefficient (Wildman–Crippen LogP) is 0.391. The van der Waals surface area contributed by atoms with Crippen LogP contribution in [-0.4, -0.2) is 48.7 Å². The first kappa shape index (κ1) is 11.5. The molecule has 0 aromatic carbocycles. The predicted molar refractivity (Wildman–Crippen MR) is 55.3 cm³/mol. The SMILES string of the molecule is CCC1CC(NC)CN(CC(=O)O)C1. The quantitative estimate of drug-likeness (QED) is 0.689. The molecule has 0 aliphatic carbocycles. The second-order valence-electron chi connectivity index (χ2n) is 4.08. The lowest BCUT2D eigenvalue weighted by atomic mass is 9.92. The van der Waals surface area contributed by atoms with Gasteiger partial charge in [-0.25, -0.2) is 0 Å². The van der Waals surface area contributed by atoms with Gasteiger partial charge in [-0.2, -0.15) is 0 Å². The number of rotatable bonds is 4. The van der Waals surface area contributed by atoms with Crippen molar-refractivity contribution in [2.75, 3.05) is 26.7 Å². The average molecular weight is 200 g/mol. The fourth-order valence-corrected chi connectivity index (χ4v) is 2.13. The summed E-state index contributed by atoms with van der Waals surface area (Å²) < 4.78 is 0. The lowest BCUT2D eigenvalue weighted by Gasteiger charge is -2.36. The fourth-order valence-electron chi connectivity index (χ4n) is 2.13. The molecule has 0 radical (unpaired) electrons. The van der Waals surface area contributed by atoms with Crippen molar-refractivity contribution in [1.82, 2.24) is 10.2 Å². The Bertz CT molecular complexity index is 185. The van der Waals surface area contributed by atoms with Crippen LogP contribution in [0.2, 0.25) is 0 Å². The first-order valence-electron chi connectivity index (χ1n) is 5.27. The Kier molecular flexibility index (Phi) is 4.35. The second-order valence-corrected chi connectivity index (χ2v) is 4.08. The Labute approximate surface area is 85.3 Å². The van der Waals surface area contributed by atoms with Crippen molar-refractivity contribution >= 4 is 5.97 Å². The molecule has 2 unspecified atom stereocenters. The highest BCUT2D eigenvalue weighted by atomic mass is 16.4. The Morgan fingerprint density at radius 1 is 1.57 bits per heavy atom. The van der Waals surface area contributed by atoms with Crippen LogP contribution >= 0.6 is 0 Å². The van der Waals surface area contributed by atoms with E-state index in [1.54, 1.807) is 0 Å². The molecule has 0 saturated carbocycles. The molecule has 0 aromatic heterocycles. The van der Waals surface area contributed by atoms with Gasteiger partial charge in [-0.1, -0.05) is 13.3 Å². The molecule has 1 aliphatic rings. The molecule has 82 valence electrons. The van der Waals surface area contributed by atoms with Crippen molar-refractivity contribution in [2.45, 2.75) is 25.8 Å². The second kappa shape index (κ2) is 5.32. The van der Waals surface area contributed by atoms with Crippen LogP contribution in [0.15, 0.2) is 0 Å². The van der Waals surface area contributed by atoms with Crippen molar-refractivity contribution in [2.24, 2.45) is 5.92 Å². The number of aliphatic carboxylic acids is 1. The molecule has 2 atom stereocenters. The number of piperidine rings is 1. The van der Waals surface area contributed by atoms with Gasteiger partial charge in [-0.3, -0.25) is 9.69 Å². The normalized spacial score (nSPS) is 29.0. The summed E-state index contributed by atoms with van der Waals surface area (Å²) in [4.78, 5) is 12.6. The minimum Gasteiger partial charge on any atom is -0.480 e. The van der Waals surface area contributed by atoms with E-state index < -0.39 is 5.97 Å². The van der Waals surface area contributed by atoms with Gasteiger partial charge in [-0.15, -0.1) is 0 Å². The monoisotopic (exact) mass is 200 g/mol. The Balaban J connectivity index is 2.46. The maximum absolute atomic E-state index is 10.6. The summed E-state index contributed by atoms with van der Waals surface area (Å²) in [6.45, 7) is 4.14. The lowest BCUT2D eigenvalue weighted by Crippen LogP contribution is -2.49. The van der Waals surface area contributed by atoms with Crippen LogP contribution in [0.3, 0.4) is 0 Å². The summed E-state index contributed by atoms with van der Waals surface area (Å²) in [7, 11) is 1.95. The molecule has 0 amide bonds. The van der Waals surface area contributed by atoms with E-state index in [0.717, 1.165) is 19.5 Å². The maximum Gasteiger partial charge on any atom is 0.317 e. The Morgan fingerprint density at radius 3 is 2.79 bits per heavy atom. The van der Waals surface area contributed by atoms with Gasteiger partial charge in [0, 0.05) is 19.1 Å². The number of hydrogen-bond donors (Lipinski definition) is 2. The molecule has 0 spiro atoms. The highest BCUT2D eigenvalue weighted by molar-refractivity contribution is 5.69. The summed E-state index contributed by atoms with van der Waals surface area (Å²) in [5.41, 5.74) is 0. The highest BCUT2D eigenvalue weighted by Crippen LogP contribution is 2.19. The van der Waals surface area contributed by atoms with Crippen LogP contribution in [0.25, 0.3) is 0 Å². The van der Waals surface area contributed by atoms with Gasteiger partial charge in [0.15, 0.2) is 0 Å². The summed E-state index contributed by atoms with van der Waals surface area (Å²) in [6.07, 6.45) is 2.30. The molecular formula is C10H20N2O2. The van der Waals surface area contributed by atoms with E-state index in [-0.39, 0.29) is 6.54 Å². The molecule has 14 heavy (non-hydrogen) atoms. The van der Waals surface area contributed by atoms with Gasteiger partial charge in [0.2, 0.25) is 0 Å². The average Bonchev–Trinajstić information content (AvgIpc) is 2.16. The van der Waals surface area contributed by atoms with Gasteiger partial charge in [0.1, 0.15) is 0 Å². The van der Waals surface area contributed by atoms with Crippen LogP contribution in [0.1, 0.15) is 19.8 Å². The Morgan fingerprint density at radius 2 is 2.29 bits per heavy atom. The number of carboxylic acids is 1. The van der Waals surface area contributed by atoms with Crippen LogP contribution in [-0.2, 0) is 4.79 Å². The third kappa shape index (κ3) is 3.27. The van der Waals surface area contributed by atoms with Crippen molar-refractivity contribution in [3.8, 4) is 0 Å². The molecule has 1 saturated heterocycles. The molecular weight excluding hydrogens is 180 g/mol. The van der Waals surface area contributed by atoms with E-state index in [9.17, 15) is 4.79 Å². The molecule has 1 aliphatic heterocycles. The third-order valence-corrected chi connectivity index (χ3v) is 2.96. The highest BCUT2D eigenvalue weighted by Gasteiger charge is 2.26. The zero-order valence-corrected chi connectivity index (χ0v) is 8.99. The summed E-state index contributed by atoms with van der Waals surface area (Å²) in [5.74, 6) is -0.0860. The third-order valence-electron chi connectivity index (χ3n) is 2.96. The van der Waals surface area contributed by atoms with Crippen LogP contribution < -0.4 is 5.32 Å². The van der Waals surface area contributed by atoms with Gasteiger partial charge >= 0.3 is 5.97 Å². The van der Waals surface area contributed by atoms with E-state index in [2.05, 4.69) is 12.2 Å². The Hall–Kier alpha value is -0.610. The maximum atomic E-state index is 10.6. The van der Waals surface area contributed by atoms with Crippen molar-refractivity contribution in [3.63, 3.8) is 0 Å². The van der Waals surface area contributed by atoms with Crippen LogP contribution in [0.4, 0.5) is 0 Å². The minimum atomic E-state index is -0.725. The molecule has 0 aromatic rings. The smallest absolute Gasteiger partial charge is 0.317 e. The number of likely N-dealkylation sites (tertiary alicyclic amines) is 1. The van der Waals surface area contributed by atoms with Crippen molar-refractivity contribution < 1.29 is 9.90 Å². The number of nitrogens with one attached hydrogen (secondary N) is 1. The van der Waals surface area contributed by atoms with E-state index >= 15 is 0 Å². The lowest BCUT2D eigenvalue weighted by molar-refractivity contribution is -0.138. The van der Waals surface area contributed by atoms with Gasteiger partial charge in [0.05, 0.1) is 6.54 Å². The summed E-state index contributed by atoms with van der Waals surface area (Å²) >= 11 is 0. The standard InChI is InChI=1S/C10H20N2O2/c1-3-8-4-9(11-2)6-12(5-8)7-10(13)14/h8-9,11H,3-7H2,1-2H3,(H,13,14). The van der Waals surface area contributed by atoms with E-state index in [1.165, 1.54) is 6.42 Å². The molecule has 2 N–H and O–H groups in total. The molecule has 1 rings (SSSR count). The van der Waals surface area contributed by atoms with E-state index in [0.29, 0.717) is 12.0 Å². The van der Waals surface area contributed by atoms with Crippen LogP contribution in [0.5, 0.6) is 0 Å². The number of carbonyl (C=O) groups is 1. The van der Waals surface area contributed by atoms with Crippen molar-refractivity contribution in [1.29, 1.82) is 0 Å². The molecule has 0 bridgehead atoms.